The molecule has 0 bridgehead atoms. The second kappa shape index (κ2) is 5.54. The molecule has 2 unspecified atom stereocenters. The SMILES string of the molecule is CCc1ccc(S(=O)(=O)NCC2CC2C)cc1C(=O)O. The Morgan fingerprint density at radius 2 is 2.10 bits per heavy atom. The number of carbonyl (C=O) groups is 1. The van der Waals surface area contributed by atoms with Gasteiger partial charge in [0.15, 0.2) is 0 Å². The van der Waals surface area contributed by atoms with Gasteiger partial charge in [-0.3, -0.25) is 0 Å². The summed E-state index contributed by atoms with van der Waals surface area (Å²) in [6, 6.07) is 4.27. The molecule has 0 amide bonds. The Hall–Kier alpha value is -1.40. The van der Waals surface area contributed by atoms with Crippen LogP contribution >= 0.6 is 0 Å². The predicted octanol–water partition coefficient (Wildman–Crippen LogP) is 1.88. The Kier molecular flexibility index (Phi) is 4.15. The fraction of sp³-hybridized carbons (Fsp3) is 0.500. The van der Waals surface area contributed by atoms with Crippen LogP contribution in [0.3, 0.4) is 0 Å². The lowest BCUT2D eigenvalue weighted by Gasteiger charge is -2.09. The fourth-order valence-corrected chi connectivity index (χ4v) is 3.33. The molecule has 0 aliphatic heterocycles. The summed E-state index contributed by atoms with van der Waals surface area (Å²) in [5.41, 5.74) is 0.683. The highest BCUT2D eigenvalue weighted by Crippen LogP contribution is 2.37. The molecule has 0 radical (unpaired) electrons. The molecule has 0 spiro atoms. The number of carboxylic acid groups (broad SMARTS) is 1. The van der Waals surface area contributed by atoms with Crippen molar-refractivity contribution in [1.82, 2.24) is 4.72 Å². The topological polar surface area (TPSA) is 83.5 Å². The summed E-state index contributed by atoms with van der Waals surface area (Å²) in [5, 5.41) is 9.13. The van der Waals surface area contributed by atoms with E-state index in [2.05, 4.69) is 11.6 Å². The van der Waals surface area contributed by atoms with Crippen LogP contribution in [0, 0.1) is 11.8 Å². The molecule has 1 aromatic carbocycles. The van der Waals surface area contributed by atoms with Crippen LogP contribution in [-0.2, 0) is 16.4 Å². The van der Waals surface area contributed by atoms with Gasteiger partial charge in [-0.05, 0) is 42.4 Å². The zero-order valence-corrected chi connectivity index (χ0v) is 12.4. The minimum Gasteiger partial charge on any atom is -0.478 e. The van der Waals surface area contributed by atoms with E-state index in [0.29, 0.717) is 30.4 Å². The summed E-state index contributed by atoms with van der Waals surface area (Å²) in [7, 11) is -3.63. The van der Waals surface area contributed by atoms with E-state index >= 15 is 0 Å². The second-order valence-electron chi connectivity index (χ2n) is 5.30. The second-order valence-corrected chi connectivity index (χ2v) is 7.07. The van der Waals surface area contributed by atoms with E-state index in [1.807, 2.05) is 6.92 Å². The summed E-state index contributed by atoms with van der Waals surface area (Å²) >= 11 is 0. The molecule has 0 saturated heterocycles. The molecule has 0 aromatic heterocycles. The van der Waals surface area contributed by atoms with Crippen molar-refractivity contribution in [2.24, 2.45) is 11.8 Å². The van der Waals surface area contributed by atoms with Crippen LogP contribution < -0.4 is 4.72 Å². The zero-order valence-electron chi connectivity index (χ0n) is 11.6. The number of benzene rings is 1. The van der Waals surface area contributed by atoms with Gasteiger partial charge in [0.2, 0.25) is 10.0 Å². The van der Waals surface area contributed by atoms with Crippen LogP contribution in [0.2, 0.25) is 0 Å². The highest BCUT2D eigenvalue weighted by molar-refractivity contribution is 7.89. The van der Waals surface area contributed by atoms with Crippen molar-refractivity contribution in [2.75, 3.05) is 6.54 Å². The van der Waals surface area contributed by atoms with E-state index in [9.17, 15) is 13.2 Å². The van der Waals surface area contributed by atoms with Crippen molar-refractivity contribution >= 4 is 16.0 Å². The molecule has 2 rings (SSSR count). The first-order valence-corrected chi connectivity index (χ1v) is 8.19. The summed E-state index contributed by atoms with van der Waals surface area (Å²) in [6.07, 6.45) is 1.59. The maximum atomic E-state index is 12.1. The molecular formula is C14H19NO4S. The van der Waals surface area contributed by atoms with Crippen molar-refractivity contribution in [3.8, 4) is 0 Å². The van der Waals surface area contributed by atoms with Crippen LogP contribution in [0.1, 0.15) is 36.2 Å². The Labute approximate surface area is 119 Å². The summed E-state index contributed by atoms with van der Waals surface area (Å²) in [4.78, 5) is 11.2. The molecule has 1 aliphatic carbocycles. The summed E-state index contributed by atoms with van der Waals surface area (Å²) in [5.74, 6) is -0.136. The molecule has 5 nitrogen and oxygen atoms in total. The maximum Gasteiger partial charge on any atom is 0.336 e. The lowest BCUT2D eigenvalue weighted by atomic mass is 10.1. The molecule has 2 N–H and O–H groups in total. The lowest BCUT2D eigenvalue weighted by molar-refractivity contribution is 0.0695. The van der Waals surface area contributed by atoms with Gasteiger partial charge in [0.05, 0.1) is 10.5 Å². The molecule has 1 fully saturated rings. The monoisotopic (exact) mass is 297 g/mol. The number of rotatable bonds is 6. The molecular weight excluding hydrogens is 278 g/mol. The summed E-state index contributed by atoms with van der Waals surface area (Å²) in [6.45, 7) is 4.33. The normalized spacial score (nSPS) is 21.7. The minimum atomic E-state index is -3.63. The van der Waals surface area contributed by atoms with Crippen molar-refractivity contribution in [1.29, 1.82) is 0 Å². The van der Waals surface area contributed by atoms with Crippen molar-refractivity contribution in [2.45, 2.75) is 31.6 Å². The maximum absolute atomic E-state index is 12.1. The molecule has 2 atom stereocenters. The molecule has 20 heavy (non-hydrogen) atoms. The first-order valence-electron chi connectivity index (χ1n) is 6.71. The molecule has 110 valence electrons. The van der Waals surface area contributed by atoms with E-state index in [-0.39, 0.29) is 10.5 Å². The largest absolute Gasteiger partial charge is 0.478 e. The highest BCUT2D eigenvalue weighted by Gasteiger charge is 2.33. The highest BCUT2D eigenvalue weighted by atomic mass is 32.2. The standard InChI is InChI=1S/C14H19NO4S/c1-3-10-4-5-12(7-13(10)14(16)17)20(18,19)15-8-11-6-9(11)2/h4-5,7,9,11,15H,3,6,8H2,1-2H3,(H,16,17). The number of aryl methyl sites for hydroxylation is 1. The third-order valence-electron chi connectivity index (χ3n) is 3.81. The number of hydrogen-bond acceptors (Lipinski definition) is 3. The number of hydrogen-bond donors (Lipinski definition) is 2. The molecule has 0 heterocycles. The van der Waals surface area contributed by atoms with Gasteiger partial charge in [-0.1, -0.05) is 19.9 Å². The average Bonchev–Trinajstić information content (AvgIpc) is 3.11. The van der Waals surface area contributed by atoms with Gasteiger partial charge in [0, 0.05) is 6.54 Å². The van der Waals surface area contributed by atoms with Gasteiger partial charge in [0.1, 0.15) is 0 Å². The Morgan fingerprint density at radius 3 is 2.60 bits per heavy atom. The van der Waals surface area contributed by atoms with Crippen molar-refractivity contribution < 1.29 is 18.3 Å². The predicted molar refractivity (Wildman–Crippen MR) is 75.2 cm³/mol. The van der Waals surface area contributed by atoms with E-state index in [1.165, 1.54) is 12.1 Å². The Bertz CT molecular complexity index is 624. The number of sulfonamides is 1. The van der Waals surface area contributed by atoms with Gasteiger partial charge >= 0.3 is 5.97 Å². The first-order chi connectivity index (χ1) is 9.35. The number of carboxylic acids is 1. The Balaban J connectivity index is 2.22. The van der Waals surface area contributed by atoms with Crippen LogP contribution in [0.15, 0.2) is 23.1 Å². The molecule has 1 aliphatic rings. The van der Waals surface area contributed by atoms with E-state index in [1.54, 1.807) is 6.07 Å². The number of aromatic carboxylic acids is 1. The van der Waals surface area contributed by atoms with Crippen LogP contribution in [0.4, 0.5) is 0 Å². The van der Waals surface area contributed by atoms with Crippen LogP contribution in [-0.4, -0.2) is 26.0 Å². The van der Waals surface area contributed by atoms with Gasteiger partial charge in [-0.25, -0.2) is 17.9 Å². The number of nitrogens with one attached hydrogen (secondary N) is 1. The van der Waals surface area contributed by atoms with Gasteiger partial charge in [0.25, 0.3) is 0 Å². The quantitative estimate of drug-likeness (QED) is 0.839. The van der Waals surface area contributed by atoms with Gasteiger partial charge in [-0.2, -0.15) is 0 Å². The lowest BCUT2D eigenvalue weighted by Crippen LogP contribution is -2.26. The molecule has 1 aromatic rings. The van der Waals surface area contributed by atoms with E-state index < -0.39 is 16.0 Å². The van der Waals surface area contributed by atoms with Gasteiger partial charge < -0.3 is 5.11 Å². The minimum absolute atomic E-state index is 0.0143. The third kappa shape index (κ3) is 3.19. The van der Waals surface area contributed by atoms with E-state index in [4.69, 9.17) is 5.11 Å². The van der Waals surface area contributed by atoms with Crippen molar-refractivity contribution in [3.05, 3.63) is 29.3 Å². The third-order valence-corrected chi connectivity index (χ3v) is 5.24. The average molecular weight is 297 g/mol. The molecule has 6 heteroatoms. The van der Waals surface area contributed by atoms with E-state index in [0.717, 1.165) is 6.42 Å². The molecule has 1 saturated carbocycles. The van der Waals surface area contributed by atoms with Crippen molar-refractivity contribution in [3.63, 3.8) is 0 Å². The van der Waals surface area contributed by atoms with Crippen LogP contribution in [0.5, 0.6) is 0 Å². The Morgan fingerprint density at radius 1 is 1.45 bits per heavy atom. The van der Waals surface area contributed by atoms with Gasteiger partial charge in [-0.15, -0.1) is 0 Å². The smallest absolute Gasteiger partial charge is 0.336 e. The van der Waals surface area contributed by atoms with Crippen LogP contribution in [0.25, 0.3) is 0 Å². The fourth-order valence-electron chi connectivity index (χ4n) is 2.21. The zero-order chi connectivity index (χ0) is 14.9. The summed E-state index contributed by atoms with van der Waals surface area (Å²) < 4.78 is 26.8. The first kappa shape index (κ1) is 15.0.